The maximum Gasteiger partial charge on any atom is 0.144 e. The molecule has 0 aliphatic carbocycles. The fourth-order valence-electron chi connectivity index (χ4n) is 2.23. The van der Waals surface area contributed by atoms with Gasteiger partial charge in [0, 0.05) is 17.5 Å². The van der Waals surface area contributed by atoms with E-state index in [9.17, 15) is 4.39 Å². The van der Waals surface area contributed by atoms with Crippen molar-refractivity contribution in [1.82, 2.24) is 9.55 Å². The van der Waals surface area contributed by atoms with Crippen LogP contribution in [0.25, 0.3) is 11.0 Å². The van der Waals surface area contributed by atoms with Gasteiger partial charge < -0.3 is 4.57 Å². The van der Waals surface area contributed by atoms with E-state index in [2.05, 4.69) is 27.0 Å². The lowest BCUT2D eigenvalue weighted by Gasteiger charge is -2.07. The van der Waals surface area contributed by atoms with Crippen LogP contribution in [0.5, 0.6) is 0 Å². The Labute approximate surface area is 143 Å². The van der Waals surface area contributed by atoms with Gasteiger partial charge in [-0.3, -0.25) is 0 Å². The lowest BCUT2D eigenvalue weighted by Crippen LogP contribution is -2.04. The molecule has 2 heterocycles. The van der Waals surface area contributed by atoms with Crippen molar-refractivity contribution in [2.24, 2.45) is 0 Å². The molecular formula is C14H10BrCl2FN2S. The van der Waals surface area contributed by atoms with E-state index in [0.29, 0.717) is 12.1 Å². The van der Waals surface area contributed by atoms with Gasteiger partial charge in [-0.25, -0.2) is 9.37 Å². The summed E-state index contributed by atoms with van der Waals surface area (Å²) in [6.07, 6.45) is 0.843. The molecule has 3 rings (SSSR count). The summed E-state index contributed by atoms with van der Waals surface area (Å²) in [6, 6.07) is 7.06. The summed E-state index contributed by atoms with van der Waals surface area (Å²) in [4.78, 5) is 5.67. The molecule has 0 unspecified atom stereocenters. The monoisotopic (exact) mass is 406 g/mol. The van der Waals surface area contributed by atoms with Crippen molar-refractivity contribution in [2.45, 2.75) is 18.8 Å². The van der Waals surface area contributed by atoms with Crippen LogP contribution < -0.4 is 0 Å². The van der Waals surface area contributed by atoms with Crippen molar-refractivity contribution >= 4 is 61.5 Å². The van der Waals surface area contributed by atoms with E-state index in [1.807, 2.05) is 10.6 Å². The molecule has 2 aromatic heterocycles. The van der Waals surface area contributed by atoms with Crippen molar-refractivity contribution in [2.75, 3.05) is 0 Å². The second kappa shape index (κ2) is 6.24. The number of thiophene rings is 1. The quantitative estimate of drug-likeness (QED) is 0.512. The van der Waals surface area contributed by atoms with Crippen LogP contribution >= 0.6 is 50.5 Å². The number of benzene rings is 1. The van der Waals surface area contributed by atoms with Crippen LogP contribution in [0.2, 0.25) is 5.02 Å². The number of nitrogens with zero attached hydrogens (tertiary/aromatic N) is 2. The van der Waals surface area contributed by atoms with Crippen LogP contribution in [0.3, 0.4) is 0 Å². The molecule has 0 aliphatic rings. The third-order valence-corrected chi connectivity index (χ3v) is 5.41. The van der Waals surface area contributed by atoms with Crippen molar-refractivity contribution in [3.8, 4) is 0 Å². The topological polar surface area (TPSA) is 17.8 Å². The molecule has 0 saturated carbocycles. The molecule has 3 aromatic rings. The zero-order valence-corrected chi connectivity index (χ0v) is 14.7. The number of aromatic nitrogens is 2. The van der Waals surface area contributed by atoms with Crippen LogP contribution in [0, 0.1) is 5.82 Å². The Hall–Kier alpha value is -0.620. The number of alkyl halides is 1. The first-order chi connectivity index (χ1) is 10.1. The maximum absolute atomic E-state index is 13.7. The Balaban J connectivity index is 1.97. The van der Waals surface area contributed by atoms with Gasteiger partial charge in [0.05, 0.1) is 25.7 Å². The molecule has 2 nitrogen and oxygen atoms in total. The maximum atomic E-state index is 13.7. The summed E-state index contributed by atoms with van der Waals surface area (Å²) in [6.45, 7) is 0.701. The average molecular weight is 408 g/mol. The van der Waals surface area contributed by atoms with Gasteiger partial charge in [0.1, 0.15) is 11.6 Å². The first kappa shape index (κ1) is 15.3. The highest BCUT2D eigenvalue weighted by Gasteiger charge is 2.13. The lowest BCUT2D eigenvalue weighted by molar-refractivity contribution is 0.627. The Kier molecular flexibility index (Phi) is 4.54. The predicted octanol–water partition coefficient (Wildman–Crippen LogP) is 5.63. The Morgan fingerprint density at radius 2 is 2.14 bits per heavy atom. The van der Waals surface area contributed by atoms with E-state index < -0.39 is 5.82 Å². The minimum atomic E-state index is -0.440. The van der Waals surface area contributed by atoms with Crippen molar-refractivity contribution < 1.29 is 4.39 Å². The highest BCUT2D eigenvalue weighted by atomic mass is 79.9. The van der Waals surface area contributed by atoms with Gasteiger partial charge in [-0.1, -0.05) is 11.6 Å². The van der Waals surface area contributed by atoms with Gasteiger partial charge in [-0.2, -0.15) is 0 Å². The second-order valence-corrected chi connectivity index (χ2v) is 7.75. The smallest absolute Gasteiger partial charge is 0.144 e. The molecule has 0 N–H and O–H groups in total. The number of hydrogen-bond acceptors (Lipinski definition) is 2. The summed E-state index contributed by atoms with van der Waals surface area (Å²) >= 11 is 16.9. The largest absolute Gasteiger partial charge is 0.327 e. The van der Waals surface area contributed by atoms with Crippen LogP contribution in [-0.4, -0.2) is 9.55 Å². The molecule has 0 spiro atoms. The number of aryl methyl sites for hydroxylation is 2. The predicted molar refractivity (Wildman–Crippen MR) is 90.0 cm³/mol. The number of imidazole rings is 1. The zero-order chi connectivity index (χ0) is 15.0. The van der Waals surface area contributed by atoms with E-state index in [0.717, 1.165) is 21.5 Å². The van der Waals surface area contributed by atoms with Crippen molar-refractivity contribution in [3.63, 3.8) is 0 Å². The molecule has 0 bridgehead atoms. The molecule has 7 heteroatoms. The highest BCUT2D eigenvalue weighted by Crippen LogP contribution is 2.26. The molecule has 1 aromatic carbocycles. The first-order valence-corrected chi connectivity index (χ1v) is 8.75. The Bertz CT molecular complexity index is 800. The number of hydrogen-bond donors (Lipinski definition) is 0. The standard InChI is InChI=1S/C14H10BrCl2FN2S/c15-13-2-1-8(21-13)3-4-20-12-6-10(18)9(17)5-11(12)19-14(20)7-16/h1-2,5-6H,3-4,7H2. The minimum Gasteiger partial charge on any atom is -0.327 e. The van der Waals surface area contributed by atoms with Crippen LogP contribution in [0.15, 0.2) is 28.1 Å². The lowest BCUT2D eigenvalue weighted by atomic mass is 10.3. The van der Waals surface area contributed by atoms with Gasteiger partial charge in [0.2, 0.25) is 0 Å². The SMILES string of the molecule is Fc1cc2c(cc1Cl)nc(CCl)n2CCc1ccc(Br)s1. The Morgan fingerprint density at radius 1 is 1.33 bits per heavy atom. The van der Waals surface area contributed by atoms with E-state index in [1.54, 1.807) is 17.4 Å². The molecule has 21 heavy (non-hydrogen) atoms. The number of fused-ring (bicyclic) bond motifs is 1. The molecule has 0 atom stereocenters. The summed E-state index contributed by atoms with van der Waals surface area (Å²) in [5.74, 6) is 0.566. The zero-order valence-electron chi connectivity index (χ0n) is 10.7. The van der Waals surface area contributed by atoms with Gasteiger partial charge in [-0.15, -0.1) is 22.9 Å². The van der Waals surface area contributed by atoms with E-state index in [-0.39, 0.29) is 10.9 Å². The molecule has 0 saturated heterocycles. The molecule has 0 radical (unpaired) electrons. The molecule has 110 valence electrons. The van der Waals surface area contributed by atoms with Gasteiger partial charge in [0.15, 0.2) is 0 Å². The van der Waals surface area contributed by atoms with Crippen LogP contribution in [-0.2, 0) is 18.8 Å². The van der Waals surface area contributed by atoms with Crippen LogP contribution in [0.4, 0.5) is 4.39 Å². The van der Waals surface area contributed by atoms with Crippen molar-refractivity contribution in [3.05, 3.63) is 49.6 Å². The Morgan fingerprint density at radius 3 is 2.81 bits per heavy atom. The molecule has 0 amide bonds. The van der Waals surface area contributed by atoms with E-state index >= 15 is 0 Å². The fourth-order valence-corrected chi connectivity index (χ4v) is 4.06. The molecule has 0 aliphatic heterocycles. The average Bonchev–Trinajstić information content (AvgIpc) is 3.01. The molecule has 0 fully saturated rings. The minimum absolute atomic E-state index is 0.0791. The van der Waals surface area contributed by atoms with Gasteiger partial charge in [0.25, 0.3) is 0 Å². The van der Waals surface area contributed by atoms with E-state index in [4.69, 9.17) is 23.2 Å². The van der Waals surface area contributed by atoms with Crippen LogP contribution in [0.1, 0.15) is 10.7 Å². The van der Waals surface area contributed by atoms with Crippen molar-refractivity contribution in [1.29, 1.82) is 0 Å². The fraction of sp³-hybridized carbons (Fsp3) is 0.214. The third-order valence-electron chi connectivity index (χ3n) is 3.20. The number of rotatable bonds is 4. The summed E-state index contributed by atoms with van der Waals surface area (Å²) in [5.41, 5.74) is 1.40. The number of halogens is 4. The molecular weight excluding hydrogens is 398 g/mol. The normalized spacial score (nSPS) is 11.4. The first-order valence-electron chi connectivity index (χ1n) is 6.23. The van der Waals surface area contributed by atoms with Gasteiger partial charge in [-0.05, 0) is 40.5 Å². The van der Waals surface area contributed by atoms with Gasteiger partial charge >= 0.3 is 0 Å². The second-order valence-electron chi connectivity index (χ2n) is 4.52. The summed E-state index contributed by atoms with van der Waals surface area (Å²) < 4.78 is 16.8. The highest BCUT2D eigenvalue weighted by molar-refractivity contribution is 9.11. The van der Waals surface area contributed by atoms with E-state index in [1.165, 1.54) is 10.9 Å². The summed E-state index contributed by atoms with van der Waals surface area (Å²) in [7, 11) is 0. The third kappa shape index (κ3) is 3.11. The summed E-state index contributed by atoms with van der Waals surface area (Å²) in [5, 5.41) is 0.0791.